The van der Waals surface area contributed by atoms with Gasteiger partial charge >= 0.3 is 5.97 Å². The molecule has 3 rings (SSSR count). The number of hydrogen-bond acceptors (Lipinski definition) is 3. The fourth-order valence-corrected chi connectivity index (χ4v) is 3.50. The molecule has 1 aromatic heterocycles. The van der Waals surface area contributed by atoms with Crippen molar-refractivity contribution in [2.24, 2.45) is 0 Å². The van der Waals surface area contributed by atoms with Crippen molar-refractivity contribution in [2.75, 3.05) is 7.11 Å². The van der Waals surface area contributed by atoms with E-state index in [-0.39, 0.29) is 12.0 Å². The van der Waals surface area contributed by atoms with Gasteiger partial charge in [0.05, 0.1) is 12.8 Å². The summed E-state index contributed by atoms with van der Waals surface area (Å²) in [6.45, 7) is 0. The van der Waals surface area contributed by atoms with Crippen LogP contribution in [0, 0.1) is 0 Å². The highest BCUT2D eigenvalue weighted by Crippen LogP contribution is 2.41. The van der Waals surface area contributed by atoms with Gasteiger partial charge in [-0.1, -0.05) is 6.42 Å². The SMILES string of the molecule is COC(=O)C1CCCc2c(Br)nc(C3CCC3)n21. The Morgan fingerprint density at radius 1 is 1.39 bits per heavy atom. The van der Waals surface area contributed by atoms with E-state index >= 15 is 0 Å². The van der Waals surface area contributed by atoms with Gasteiger partial charge in [0, 0.05) is 5.92 Å². The number of fused-ring (bicyclic) bond motifs is 1. The summed E-state index contributed by atoms with van der Waals surface area (Å²) in [7, 11) is 1.46. The summed E-state index contributed by atoms with van der Waals surface area (Å²) in [4.78, 5) is 16.6. The zero-order chi connectivity index (χ0) is 12.7. The van der Waals surface area contributed by atoms with E-state index in [1.54, 1.807) is 0 Å². The van der Waals surface area contributed by atoms with Gasteiger partial charge in [-0.15, -0.1) is 0 Å². The molecule has 0 saturated heterocycles. The average molecular weight is 313 g/mol. The van der Waals surface area contributed by atoms with Crippen molar-refractivity contribution < 1.29 is 9.53 Å². The van der Waals surface area contributed by atoms with Crippen LogP contribution in [0.4, 0.5) is 0 Å². The molecule has 2 heterocycles. The minimum absolute atomic E-state index is 0.138. The van der Waals surface area contributed by atoms with Gasteiger partial charge < -0.3 is 9.30 Å². The first kappa shape index (κ1) is 12.2. The van der Waals surface area contributed by atoms with Gasteiger partial charge in [-0.2, -0.15) is 0 Å². The van der Waals surface area contributed by atoms with Crippen molar-refractivity contribution >= 4 is 21.9 Å². The second-order valence-corrected chi connectivity index (χ2v) is 5.89. The normalized spacial score (nSPS) is 23.3. The lowest BCUT2D eigenvalue weighted by molar-refractivity contribution is -0.145. The largest absolute Gasteiger partial charge is 0.467 e. The van der Waals surface area contributed by atoms with Crippen molar-refractivity contribution in [3.8, 4) is 0 Å². The summed E-state index contributed by atoms with van der Waals surface area (Å²) in [5, 5.41) is 0. The van der Waals surface area contributed by atoms with Crippen LogP contribution in [0.5, 0.6) is 0 Å². The van der Waals surface area contributed by atoms with Gasteiger partial charge in [0.1, 0.15) is 16.5 Å². The molecule has 4 nitrogen and oxygen atoms in total. The van der Waals surface area contributed by atoms with Crippen molar-refractivity contribution in [3.63, 3.8) is 0 Å². The third kappa shape index (κ3) is 1.79. The van der Waals surface area contributed by atoms with Gasteiger partial charge in [-0.05, 0) is 48.0 Å². The highest BCUT2D eigenvalue weighted by Gasteiger charge is 2.35. The van der Waals surface area contributed by atoms with E-state index < -0.39 is 0 Å². The molecular weight excluding hydrogens is 296 g/mol. The topological polar surface area (TPSA) is 44.1 Å². The molecule has 1 aliphatic carbocycles. The third-order valence-corrected chi connectivity index (χ3v) is 4.77. The Hall–Kier alpha value is -0.840. The van der Waals surface area contributed by atoms with Crippen LogP contribution in [0.15, 0.2) is 4.60 Å². The molecule has 1 unspecified atom stereocenters. The molecular formula is C13H17BrN2O2. The number of hydrogen-bond donors (Lipinski definition) is 0. The quantitative estimate of drug-likeness (QED) is 0.789. The van der Waals surface area contributed by atoms with Crippen LogP contribution in [0.3, 0.4) is 0 Å². The maximum absolute atomic E-state index is 11.9. The zero-order valence-corrected chi connectivity index (χ0v) is 12.1. The number of carbonyl (C=O) groups excluding carboxylic acids is 1. The number of carbonyl (C=O) groups is 1. The summed E-state index contributed by atoms with van der Waals surface area (Å²) in [5.41, 5.74) is 1.17. The molecule has 0 N–H and O–H groups in total. The maximum atomic E-state index is 11.9. The number of nitrogens with zero attached hydrogens (tertiary/aromatic N) is 2. The standard InChI is InChI=1S/C13H17BrN2O2/c1-18-13(17)10-7-3-6-9-11(14)15-12(16(9)10)8-4-2-5-8/h8,10H,2-7H2,1H3. The first-order chi connectivity index (χ1) is 8.72. The van der Waals surface area contributed by atoms with E-state index in [1.807, 2.05) is 0 Å². The molecule has 0 spiro atoms. The molecule has 0 bridgehead atoms. The monoisotopic (exact) mass is 312 g/mol. The van der Waals surface area contributed by atoms with Crippen molar-refractivity contribution in [1.29, 1.82) is 0 Å². The lowest BCUT2D eigenvalue weighted by Gasteiger charge is -2.30. The van der Waals surface area contributed by atoms with Gasteiger partial charge in [0.15, 0.2) is 0 Å². The molecule has 1 fully saturated rings. The number of imidazole rings is 1. The summed E-state index contributed by atoms with van der Waals surface area (Å²) in [6.07, 6.45) is 6.53. The molecule has 1 saturated carbocycles. The average Bonchev–Trinajstić information content (AvgIpc) is 2.64. The molecule has 2 aliphatic rings. The Labute approximate surface area is 115 Å². The second kappa shape index (κ2) is 4.68. The molecule has 0 amide bonds. The molecule has 5 heteroatoms. The number of methoxy groups -OCH3 is 1. The minimum Gasteiger partial charge on any atom is -0.467 e. The predicted molar refractivity (Wildman–Crippen MR) is 70.5 cm³/mol. The van der Waals surface area contributed by atoms with E-state index in [2.05, 4.69) is 25.5 Å². The number of halogens is 1. The fourth-order valence-electron chi connectivity index (χ4n) is 2.93. The molecule has 98 valence electrons. The van der Waals surface area contributed by atoms with Crippen molar-refractivity contribution in [2.45, 2.75) is 50.5 Å². The van der Waals surface area contributed by atoms with E-state index in [0.717, 1.165) is 29.7 Å². The molecule has 1 aliphatic heterocycles. The van der Waals surface area contributed by atoms with Gasteiger partial charge in [0.25, 0.3) is 0 Å². The van der Waals surface area contributed by atoms with Crippen LogP contribution in [-0.4, -0.2) is 22.6 Å². The Kier molecular flexibility index (Phi) is 3.18. The molecule has 18 heavy (non-hydrogen) atoms. The van der Waals surface area contributed by atoms with Crippen molar-refractivity contribution in [1.82, 2.24) is 9.55 Å². The molecule has 1 atom stereocenters. The van der Waals surface area contributed by atoms with Crippen LogP contribution < -0.4 is 0 Å². The lowest BCUT2D eigenvalue weighted by Crippen LogP contribution is -2.29. The summed E-state index contributed by atoms with van der Waals surface area (Å²) < 4.78 is 8.00. The Bertz CT molecular complexity index is 480. The zero-order valence-electron chi connectivity index (χ0n) is 10.5. The Balaban J connectivity index is 2.04. The number of esters is 1. The second-order valence-electron chi connectivity index (χ2n) is 5.14. The smallest absolute Gasteiger partial charge is 0.328 e. The highest BCUT2D eigenvalue weighted by atomic mass is 79.9. The predicted octanol–water partition coefficient (Wildman–Crippen LogP) is 2.96. The van der Waals surface area contributed by atoms with E-state index in [1.165, 1.54) is 32.1 Å². The van der Waals surface area contributed by atoms with Crippen molar-refractivity contribution in [3.05, 3.63) is 16.1 Å². The van der Waals surface area contributed by atoms with E-state index in [9.17, 15) is 4.79 Å². The van der Waals surface area contributed by atoms with E-state index in [4.69, 9.17) is 4.74 Å². The van der Waals surface area contributed by atoms with Crippen LogP contribution in [0.25, 0.3) is 0 Å². The summed E-state index contributed by atoms with van der Waals surface area (Å²) in [5.74, 6) is 1.47. The highest BCUT2D eigenvalue weighted by molar-refractivity contribution is 9.10. The first-order valence-corrected chi connectivity index (χ1v) is 7.36. The first-order valence-electron chi connectivity index (χ1n) is 6.56. The van der Waals surface area contributed by atoms with Crippen LogP contribution in [0.2, 0.25) is 0 Å². The molecule has 0 radical (unpaired) electrons. The van der Waals surface area contributed by atoms with Crippen LogP contribution in [0.1, 0.15) is 55.6 Å². The van der Waals surface area contributed by atoms with Crippen LogP contribution >= 0.6 is 15.9 Å². The third-order valence-electron chi connectivity index (χ3n) is 4.13. The minimum atomic E-state index is -0.173. The number of ether oxygens (including phenoxy) is 1. The van der Waals surface area contributed by atoms with Gasteiger partial charge in [-0.3, -0.25) is 0 Å². The van der Waals surface area contributed by atoms with Gasteiger partial charge in [-0.25, -0.2) is 9.78 Å². The van der Waals surface area contributed by atoms with E-state index in [0.29, 0.717) is 5.92 Å². The summed E-state index contributed by atoms with van der Waals surface area (Å²) >= 11 is 3.54. The fraction of sp³-hybridized carbons (Fsp3) is 0.692. The Morgan fingerprint density at radius 2 is 2.17 bits per heavy atom. The van der Waals surface area contributed by atoms with Crippen LogP contribution in [-0.2, 0) is 16.0 Å². The lowest BCUT2D eigenvalue weighted by atomic mass is 9.84. The summed E-state index contributed by atoms with van der Waals surface area (Å²) in [6, 6.07) is -0.173. The van der Waals surface area contributed by atoms with Gasteiger partial charge in [0.2, 0.25) is 0 Å². The Morgan fingerprint density at radius 3 is 2.78 bits per heavy atom. The number of rotatable bonds is 2. The number of aromatic nitrogens is 2. The molecule has 0 aromatic carbocycles. The maximum Gasteiger partial charge on any atom is 0.328 e. The molecule has 1 aromatic rings.